The van der Waals surface area contributed by atoms with Gasteiger partial charge in [-0.25, -0.2) is 0 Å². The first-order valence-corrected chi connectivity index (χ1v) is 19.6. The number of nitrogens with one attached hydrogen (secondary N) is 1. The molecule has 8 aliphatic rings. The van der Waals surface area contributed by atoms with Crippen LogP contribution in [0.3, 0.4) is 0 Å². The SMILES string of the molecule is C=C(C)C1CCC2(NCCN3CC4CC3CO4)CCC3(C)C(CCC4C5(C)CC=C(C6=CCCCC6)C(C)(C)C5CCC43C)C12. The summed E-state index contributed by atoms with van der Waals surface area (Å²) in [6.45, 7) is 25.2. The maximum atomic E-state index is 5.92. The van der Waals surface area contributed by atoms with E-state index < -0.39 is 0 Å². The molecule has 3 heteroatoms. The highest BCUT2D eigenvalue weighted by atomic mass is 16.5. The molecule has 2 bridgehead atoms. The molecule has 11 atom stereocenters. The second-order valence-electron chi connectivity index (χ2n) is 19.1. The van der Waals surface area contributed by atoms with Crippen molar-refractivity contribution in [2.24, 2.45) is 51.2 Å². The summed E-state index contributed by atoms with van der Waals surface area (Å²) in [5.41, 5.74) is 6.78. The van der Waals surface area contributed by atoms with Crippen LogP contribution in [-0.4, -0.2) is 48.8 Å². The maximum absolute atomic E-state index is 5.92. The van der Waals surface area contributed by atoms with E-state index in [9.17, 15) is 0 Å². The molecule has 6 aliphatic carbocycles. The monoisotopic (exact) mass is 615 g/mol. The van der Waals surface area contributed by atoms with E-state index in [4.69, 9.17) is 4.74 Å². The van der Waals surface area contributed by atoms with E-state index in [0.29, 0.717) is 45.3 Å². The first-order chi connectivity index (χ1) is 21.4. The van der Waals surface area contributed by atoms with Crippen molar-refractivity contribution in [2.75, 3.05) is 26.2 Å². The lowest BCUT2D eigenvalue weighted by Crippen LogP contribution is -2.68. The molecular weight excluding hydrogens is 548 g/mol. The quantitative estimate of drug-likeness (QED) is 0.302. The van der Waals surface area contributed by atoms with Gasteiger partial charge in [-0.2, -0.15) is 0 Å². The molecule has 0 aromatic carbocycles. The third kappa shape index (κ3) is 4.44. The van der Waals surface area contributed by atoms with E-state index >= 15 is 0 Å². The molecule has 0 aromatic heterocycles. The maximum Gasteiger partial charge on any atom is 0.0718 e. The summed E-state index contributed by atoms with van der Waals surface area (Å²) in [4.78, 5) is 2.73. The van der Waals surface area contributed by atoms with E-state index in [1.54, 1.807) is 11.1 Å². The molecule has 250 valence electrons. The lowest BCUT2D eigenvalue weighted by molar-refractivity contribution is -0.221. The van der Waals surface area contributed by atoms with Crippen LogP contribution in [0.15, 0.2) is 35.5 Å². The molecule has 2 aliphatic heterocycles. The van der Waals surface area contributed by atoms with Gasteiger partial charge in [0.25, 0.3) is 0 Å². The molecule has 0 amide bonds. The molecule has 0 spiro atoms. The average Bonchev–Trinajstić information content (AvgIpc) is 3.73. The number of allylic oxidation sites excluding steroid dienone is 5. The first kappa shape index (κ1) is 31.4. The van der Waals surface area contributed by atoms with Gasteiger partial charge in [0, 0.05) is 31.2 Å². The number of fused-ring (bicyclic) bond motifs is 9. The van der Waals surface area contributed by atoms with E-state index in [1.807, 2.05) is 0 Å². The molecule has 2 saturated heterocycles. The Kier molecular flexibility index (Phi) is 7.53. The van der Waals surface area contributed by atoms with Crippen molar-refractivity contribution >= 4 is 0 Å². The fraction of sp³-hybridized carbons (Fsp3) is 0.857. The Bertz CT molecular complexity index is 1260. The molecule has 0 radical (unpaired) electrons. The highest BCUT2D eigenvalue weighted by Crippen LogP contribution is 2.76. The van der Waals surface area contributed by atoms with Crippen LogP contribution in [0.2, 0.25) is 0 Å². The average molecular weight is 615 g/mol. The van der Waals surface area contributed by atoms with Crippen molar-refractivity contribution < 1.29 is 4.74 Å². The van der Waals surface area contributed by atoms with Gasteiger partial charge in [0.1, 0.15) is 0 Å². The van der Waals surface area contributed by atoms with Crippen LogP contribution < -0.4 is 5.32 Å². The molecule has 45 heavy (non-hydrogen) atoms. The molecule has 11 unspecified atom stereocenters. The molecule has 3 nitrogen and oxygen atoms in total. The summed E-state index contributed by atoms with van der Waals surface area (Å²) in [5, 5.41) is 4.37. The van der Waals surface area contributed by atoms with Crippen molar-refractivity contribution in [3.8, 4) is 0 Å². The third-order valence-electron chi connectivity index (χ3n) is 17.2. The van der Waals surface area contributed by atoms with Crippen LogP contribution in [0.4, 0.5) is 0 Å². The number of nitrogens with zero attached hydrogens (tertiary/aromatic N) is 1. The Morgan fingerprint density at radius 1 is 0.956 bits per heavy atom. The fourth-order valence-corrected chi connectivity index (χ4v) is 14.9. The van der Waals surface area contributed by atoms with E-state index in [2.05, 4.69) is 70.5 Å². The zero-order chi connectivity index (χ0) is 31.4. The number of rotatable bonds is 6. The Labute approximate surface area is 276 Å². The van der Waals surface area contributed by atoms with Gasteiger partial charge in [-0.05, 0) is 159 Å². The minimum atomic E-state index is 0.290. The minimum Gasteiger partial charge on any atom is -0.375 e. The molecule has 6 fully saturated rings. The van der Waals surface area contributed by atoms with Gasteiger partial charge < -0.3 is 10.1 Å². The zero-order valence-electron chi connectivity index (χ0n) is 30.0. The summed E-state index contributed by atoms with van der Waals surface area (Å²) in [5.74, 6) is 3.89. The molecule has 0 aromatic rings. The Balaban J connectivity index is 1.07. The number of hydrogen-bond acceptors (Lipinski definition) is 3. The Morgan fingerprint density at radius 2 is 1.80 bits per heavy atom. The fourth-order valence-electron chi connectivity index (χ4n) is 14.9. The normalized spacial score (nSPS) is 50.2. The van der Waals surface area contributed by atoms with E-state index in [1.165, 1.54) is 102 Å². The van der Waals surface area contributed by atoms with Crippen LogP contribution in [0.5, 0.6) is 0 Å². The first-order valence-electron chi connectivity index (χ1n) is 19.6. The summed E-state index contributed by atoms with van der Waals surface area (Å²) >= 11 is 0. The van der Waals surface area contributed by atoms with Crippen LogP contribution in [-0.2, 0) is 4.74 Å². The second-order valence-corrected chi connectivity index (χ2v) is 19.1. The zero-order valence-corrected chi connectivity index (χ0v) is 30.0. The van der Waals surface area contributed by atoms with Crippen LogP contribution in [0.1, 0.15) is 131 Å². The number of ether oxygens (including phenoxy) is 1. The third-order valence-corrected chi connectivity index (χ3v) is 17.2. The predicted molar refractivity (Wildman–Crippen MR) is 187 cm³/mol. The van der Waals surface area contributed by atoms with Gasteiger partial charge in [0.15, 0.2) is 0 Å². The van der Waals surface area contributed by atoms with Crippen molar-refractivity contribution in [1.29, 1.82) is 0 Å². The standard InChI is InChI=1S/C42H66N2O/c1-28(2)32-15-20-42(43-23-24-44-26-31-25-30(44)27-45-31)22-21-40(6)34(37(32)42)13-14-36-39(5)18-16-33(29-11-9-8-10-12-29)38(3,4)35(39)17-19-41(36,40)7/h11,16,30-32,34-37,43H,1,8-10,12-15,17-27H2,2-7H3. The summed E-state index contributed by atoms with van der Waals surface area (Å²) in [6, 6.07) is 0.674. The minimum absolute atomic E-state index is 0.290. The van der Waals surface area contributed by atoms with Gasteiger partial charge in [0.05, 0.1) is 12.7 Å². The lowest BCUT2D eigenvalue weighted by atomic mass is 9.33. The van der Waals surface area contributed by atoms with Crippen molar-refractivity contribution in [3.63, 3.8) is 0 Å². The molecule has 8 rings (SSSR count). The Hall–Kier alpha value is -0.900. The van der Waals surface area contributed by atoms with E-state index in [-0.39, 0.29) is 0 Å². The smallest absolute Gasteiger partial charge is 0.0718 e. The van der Waals surface area contributed by atoms with Gasteiger partial charge >= 0.3 is 0 Å². The van der Waals surface area contributed by atoms with Gasteiger partial charge in [0.2, 0.25) is 0 Å². The topological polar surface area (TPSA) is 24.5 Å². The van der Waals surface area contributed by atoms with Gasteiger partial charge in [-0.3, -0.25) is 4.90 Å². The number of hydrogen-bond donors (Lipinski definition) is 1. The van der Waals surface area contributed by atoms with E-state index in [0.717, 1.165) is 43.4 Å². The van der Waals surface area contributed by atoms with Crippen molar-refractivity contribution in [2.45, 2.75) is 149 Å². The van der Waals surface area contributed by atoms with Crippen molar-refractivity contribution in [3.05, 3.63) is 35.5 Å². The summed E-state index contributed by atoms with van der Waals surface area (Å²) < 4.78 is 5.92. The number of morpholine rings is 1. The largest absolute Gasteiger partial charge is 0.375 e. The second kappa shape index (κ2) is 10.8. The summed E-state index contributed by atoms with van der Waals surface area (Å²) in [7, 11) is 0. The summed E-state index contributed by atoms with van der Waals surface area (Å²) in [6.07, 6.45) is 25.1. The highest BCUT2D eigenvalue weighted by Gasteiger charge is 2.70. The number of likely N-dealkylation sites (tertiary alicyclic amines) is 1. The van der Waals surface area contributed by atoms with Crippen LogP contribution in [0, 0.1) is 51.2 Å². The molecular formula is C42H66N2O. The molecule has 1 N–H and O–H groups in total. The van der Waals surface area contributed by atoms with Gasteiger partial charge in [-0.15, -0.1) is 0 Å². The van der Waals surface area contributed by atoms with Gasteiger partial charge in [-0.1, -0.05) is 58.9 Å². The lowest BCUT2D eigenvalue weighted by Gasteiger charge is -2.72. The molecule has 4 saturated carbocycles. The van der Waals surface area contributed by atoms with Crippen molar-refractivity contribution in [1.82, 2.24) is 10.2 Å². The Morgan fingerprint density at radius 3 is 2.51 bits per heavy atom. The van der Waals surface area contributed by atoms with Crippen LogP contribution in [0.25, 0.3) is 0 Å². The predicted octanol–water partition coefficient (Wildman–Crippen LogP) is 9.50. The van der Waals surface area contributed by atoms with Crippen LogP contribution >= 0.6 is 0 Å². The molecule has 2 heterocycles. The highest BCUT2D eigenvalue weighted by molar-refractivity contribution is 5.41.